The van der Waals surface area contributed by atoms with E-state index in [0.29, 0.717) is 18.8 Å². The summed E-state index contributed by atoms with van der Waals surface area (Å²) in [6, 6.07) is 8.67. The van der Waals surface area contributed by atoms with E-state index in [2.05, 4.69) is 10.3 Å². The van der Waals surface area contributed by atoms with Crippen LogP contribution in [0, 0.1) is 5.92 Å². The van der Waals surface area contributed by atoms with Gasteiger partial charge in [0.1, 0.15) is 0 Å². The van der Waals surface area contributed by atoms with E-state index in [-0.39, 0.29) is 23.6 Å². The van der Waals surface area contributed by atoms with E-state index in [0.717, 1.165) is 10.9 Å². The standard InChI is InChI=1S/C17H21N3O4S/c1-20(2)25(22,23)11-14-9-24-10-16(14)19-17(21)13-5-6-15-12(8-13)4-3-7-18-15/h3-8,14,16H,9-11H2,1-2H3,(H,19,21)/t14-,16-/m0/s1. The van der Waals surface area contributed by atoms with Crippen molar-refractivity contribution in [3.63, 3.8) is 0 Å². The monoisotopic (exact) mass is 363 g/mol. The minimum absolute atomic E-state index is 0.0490. The van der Waals surface area contributed by atoms with Gasteiger partial charge in [-0.3, -0.25) is 9.78 Å². The molecule has 25 heavy (non-hydrogen) atoms. The molecule has 0 unspecified atom stereocenters. The smallest absolute Gasteiger partial charge is 0.251 e. The first kappa shape index (κ1) is 17.8. The maximum atomic E-state index is 12.5. The van der Waals surface area contributed by atoms with Gasteiger partial charge in [-0.05, 0) is 24.3 Å². The van der Waals surface area contributed by atoms with Gasteiger partial charge >= 0.3 is 0 Å². The molecule has 0 bridgehead atoms. The summed E-state index contributed by atoms with van der Waals surface area (Å²) in [4.78, 5) is 16.8. The number of nitrogens with one attached hydrogen (secondary N) is 1. The van der Waals surface area contributed by atoms with Gasteiger partial charge in [-0.15, -0.1) is 0 Å². The molecule has 3 rings (SSSR count). The molecule has 1 N–H and O–H groups in total. The van der Waals surface area contributed by atoms with Gasteiger partial charge in [0.2, 0.25) is 10.0 Å². The van der Waals surface area contributed by atoms with Crippen LogP contribution < -0.4 is 5.32 Å². The number of aromatic nitrogens is 1. The summed E-state index contributed by atoms with van der Waals surface area (Å²) in [5, 5.41) is 3.78. The molecule has 0 spiro atoms. The highest BCUT2D eigenvalue weighted by atomic mass is 32.2. The van der Waals surface area contributed by atoms with Gasteiger partial charge in [-0.2, -0.15) is 0 Å². The van der Waals surface area contributed by atoms with Gasteiger partial charge in [0.25, 0.3) is 5.91 Å². The number of carbonyl (C=O) groups is 1. The van der Waals surface area contributed by atoms with Crippen LogP contribution in [0.4, 0.5) is 0 Å². The van der Waals surface area contributed by atoms with Gasteiger partial charge < -0.3 is 10.1 Å². The Morgan fingerprint density at radius 1 is 1.32 bits per heavy atom. The maximum absolute atomic E-state index is 12.5. The second-order valence-electron chi connectivity index (χ2n) is 6.35. The number of nitrogens with zero attached hydrogens (tertiary/aromatic N) is 2. The van der Waals surface area contributed by atoms with E-state index in [1.807, 2.05) is 12.1 Å². The van der Waals surface area contributed by atoms with E-state index < -0.39 is 10.0 Å². The zero-order chi connectivity index (χ0) is 18.0. The Morgan fingerprint density at radius 2 is 2.12 bits per heavy atom. The Kier molecular flexibility index (Phi) is 5.03. The van der Waals surface area contributed by atoms with E-state index in [9.17, 15) is 13.2 Å². The highest BCUT2D eigenvalue weighted by Crippen LogP contribution is 2.19. The summed E-state index contributed by atoms with van der Waals surface area (Å²) in [7, 11) is -0.346. The van der Waals surface area contributed by atoms with Crippen LogP contribution in [-0.4, -0.2) is 62.7 Å². The van der Waals surface area contributed by atoms with Gasteiger partial charge in [0, 0.05) is 37.2 Å². The third kappa shape index (κ3) is 3.97. The summed E-state index contributed by atoms with van der Waals surface area (Å²) in [5.41, 5.74) is 1.33. The van der Waals surface area contributed by atoms with Crippen molar-refractivity contribution in [2.75, 3.05) is 33.1 Å². The third-order valence-electron chi connectivity index (χ3n) is 4.36. The normalized spacial score (nSPS) is 20.9. The summed E-state index contributed by atoms with van der Waals surface area (Å²) in [6.45, 7) is 0.633. The van der Waals surface area contributed by atoms with Gasteiger partial charge in [0.05, 0.1) is 30.5 Å². The molecule has 1 aliphatic rings. The number of sulfonamides is 1. The van der Waals surface area contributed by atoms with E-state index in [4.69, 9.17) is 4.74 Å². The molecule has 2 aromatic rings. The largest absolute Gasteiger partial charge is 0.379 e. The minimum Gasteiger partial charge on any atom is -0.379 e. The average Bonchev–Trinajstić information content (AvgIpc) is 3.00. The lowest BCUT2D eigenvalue weighted by Crippen LogP contribution is -2.43. The topological polar surface area (TPSA) is 88.6 Å². The molecule has 1 amide bonds. The van der Waals surface area contributed by atoms with Crippen molar-refractivity contribution in [1.82, 2.24) is 14.6 Å². The molecule has 0 aliphatic carbocycles. The number of hydrogen-bond donors (Lipinski definition) is 1. The maximum Gasteiger partial charge on any atom is 0.251 e. The Morgan fingerprint density at radius 3 is 2.88 bits per heavy atom. The highest BCUT2D eigenvalue weighted by molar-refractivity contribution is 7.89. The molecule has 2 heterocycles. The predicted octanol–water partition coefficient (Wildman–Crippen LogP) is 0.871. The number of carbonyl (C=O) groups excluding carboxylic acids is 1. The fourth-order valence-electron chi connectivity index (χ4n) is 2.81. The van der Waals surface area contributed by atoms with Crippen LogP contribution in [0.3, 0.4) is 0 Å². The van der Waals surface area contributed by atoms with E-state index >= 15 is 0 Å². The van der Waals surface area contributed by atoms with Crippen LogP contribution in [0.25, 0.3) is 10.9 Å². The Balaban J connectivity index is 1.72. The quantitative estimate of drug-likeness (QED) is 0.852. The fraction of sp³-hybridized carbons (Fsp3) is 0.412. The van der Waals surface area contributed by atoms with Crippen LogP contribution >= 0.6 is 0 Å². The molecule has 0 radical (unpaired) electrons. The molecule has 7 nitrogen and oxygen atoms in total. The molecule has 1 aromatic heterocycles. The molecular weight excluding hydrogens is 342 g/mol. The Labute approximate surface area is 147 Å². The summed E-state index contributed by atoms with van der Waals surface area (Å²) >= 11 is 0. The summed E-state index contributed by atoms with van der Waals surface area (Å²) < 4.78 is 30.8. The molecule has 2 atom stereocenters. The van der Waals surface area contributed by atoms with Crippen molar-refractivity contribution < 1.29 is 17.9 Å². The number of hydrogen-bond acceptors (Lipinski definition) is 5. The molecule has 1 fully saturated rings. The van der Waals surface area contributed by atoms with E-state index in [1.165, 1.54) is 18.4 Å². The summed E-state index contributed by atoms with van der Waals surface area (Å²) in [5.74, 6) is -0.556. The number of rotatable bonds is 5. The minimum atomic E-state index is -3.35. The first-order chi connectivity index (χ1) is 11.9. The molecule has 134 valence electrons. The number of amides is 1. The first-order valence-corrected chi connectivity index (χ1v) is 9.61. The van der Waals surface area contributed by atoms with Crippen molar-refractivity contribution in [3.05, 3.63) is 42.1 Å². The molecular formula is C17H21N3O4S. The van der Waals surface area contributed by atoms with Crippen LogP contribution in [0.2, 0.25) is 0 Å². The van der Waals surface area contributed by atoms with Crippen molar-refractivity contribution in [2.45, 2.75) is 6.04 Å². The zero-order valence-corrected chi connectivity index (χ0v) is 15.0. The van der Waals surface area contributed by atoms with Crippen molar-refractivity contribution in [2.24, 2.45) is 5.92 Å². The van der Waals surface area contributed by atoms with Gasteiger partial charge in [-0.25, -0.2) is 12.7 Å². The molecule has 1 aromatic carbocycles. The highest BCUT2D eigenvalue weighted by Gasteiger charge is 2.34. The van der Waals surface area contributed by atoms with Gasteiger partial charge in [0.15, 0.2) is 0 Å². The van der Waals surface area contributed by atoms with Crippen LogP contribution in [0.1, 0.15) is 10.4 Å². The van der Waals surface area contributed by atoms with E-state index in [1.54, 1.807) is 24.4 Å². The first-order valence-electron chi connectivity index (χ1n) is 8.00. The molecule has 1 saturated heterocycles. The molecule has 0 saturated carbocycles. The average molecular weight is 363 g/mol. The Bertz CT molecular complexity index is 882. The lowest BCUT2D eigenvalue weighted by atomic mass is 10.0. The van der Waals surface area contributed by atoms with Crippen molar-refractivity contribution >= 4 is 26.8 Å². The molecule has 8 heteroatoms. The SMILES string of the molecule is CN(C)S(=O)(=O)C[C@@H]1COC[C@@H]1NC(=O)c1ccc2ncccc2c1. The van der Waals surface area contributed by atoms with Crippen molar-refractivity contribution in [1.29, 1.82) is 0 Å². The number of pyridine rings is 1. The third-order valence-corrected chi connectivity index (χ3v) is 6.32. The Hall–Kier alpha value is -2.03. The number of benzene rings is 1. The van der Waals surface area contributed by atoms with Crippen molar-refractivity contribution in [3.8, 4) is 0 Å². The lowest BCUT2D eigenvalue weighted by Gasteiger charge is -2.21. The van der Waals surface area contributed by atoms with Crippen LogP contribution in [-0.2, 0) is 14.8 Å². The fourth-order valence-corrected chi connectivity index (χ4v) is 3.98. The second kappa shape index (κ2) is 7.07. The lowest BCUT2D eigenvalue weighted by molar-refractivity contribution is 0.0926. The second-order valence-corrected chi connectivity index (χ2v) is 8.58. The van der Waals surface area contributed by atoms with Gasteiger partial charge in [-0.1, -0.05) is 6.07 Å². The summed E-state index contributed by atoms with van der Waals surface area (Å²) in [6.07, 6.45) is 1.70. The predicted molar refractivity (Wildman–Crippen MR) is 94.8 cm³/mol. The molecule has 1 aliphatic heterocycles. The number of ether oxygens (including phenoxy) is 1. The van der Waals surface area contributed by atoms with Crippen LogP contribution in [0.5, 0.6) is 0 Å². The zero-order valence-electron chi connectivity index (χ0n) is 14.2. The number of fused-ring (bicyclic) bond motifs is 1. The van der Waals surface area contributed by atoms with Crippen LogP contribution in [0.15, 0.2) is 36.5 Å².